The maximum atomic E-state index is 11.8. The number of rotatable bonds is 6. The number of nitrogens with zero attached hydrogens (tertiary/aromatic N) is 1. The summed E-state index contributed by atoms with van der Waals surface area (Å²) in [5, 5.41) is 6.13. The molecule has 1 saturated heterocycles. The van der Waals surface area contributed by atoms with Gasteiger partial charge >= 0.3 is 0 Å². The fraction of sp³-hybridized carbons (Fsp3) is 0.562. The van der Waals surface area contributed by atoms with Gasteiger partial charge in [0.2, 0.25) is 5.91 Å². The highest BCUT2D eigenvalue weighted by Crippen LogP contribution is 2.15. The second-order valence-corrected chi connectivity index (χ2v) is 5.48. The van der Waals surface area contributed by atoms with Crippen molar-refractivity contribution in [2.75, 3.05) is 51.3 Å². The van der Waals surface area contributed by atoms with Crippen LogP contribution in [0.5, 0.6) is 0 Å². The van der Waals surface area contributed by atoms with Gasteiger partial charge in [-0.1, -0.05) is 17.7 Å². The summed E-state index contributed by atoms with van der Waals surface area (Å²) in [6.07, 6.45) is 0. The van der Waals surface area contributed by atoms with E-state index in [0.29, 0.717) is 13.1 Å². The second kappa shape index (κ2) is 8.00. The van der Waals surface area contributed by atoms with Gasteiger partial charge in [0, 0.05) is 31.9 Å². The minimum absolute atomic E-state index is 0.0308. The van der Waals surface area contributed by atoms with Crippen molar-refractivity contribution in [2.24, 2.45) is 0 Å². The van der Waals surface area contributed by atoms with E-state index in [1.54, 1.807) is 0 Å². The number of aryl methyl sites for hydroxylation is 2. The summed E-state index contributed by atoms with van der Waals surface area (Å²) in [6.45, 7) is 9.50. The number of nitrogens with one attached hydrogen (secondary N) is 2. The molecule has 0 aromatic heterocycles. The summed E-state index contributed by atoms with van der Waals surface area (Å²) < 4.78 is 5.30. The van der Waals surface area contributed by atoms with E-state index in [4.69, 9.17) is 4.74 Å². The number of carbonyl (C=O) groups excluding carboxylic acids is 1. The number of anilines is 1. The van der Waals surface area contributed by atoms with E-state index in [-0.39, 0.29) is 5.91 Å². The molecule has 0 bridgehead atoms. The fourth-order valence-corrected chi connectivity index (χ4v) is 2.43. The van der Waals surface area contributed by atoms with Crippen molar-refractivity contribution >= 4 is 11.6 Å². The quantitative estimate of drug-likeness (QED) is 0.826. The molecule has 1 aliphatic rings. The van der Waals surface area contributed by atoms with E-state index in [1.807, 2.05) is 19.1 Å². The van der Waals surface area contributed by atoms with E-state index in [1.165, 1.54) is 5.56 Å². The van der Waals surface area contributed by atoms with Gasteiger partial charge in [0.1, 0.15) is 0 Å². The minimum atomic E-state index is 0.0308. The van der Waals surface area contributed by atoms with Crippen molar-refractivity contribution in [3.63, 3.8) is 0 Å². The topological polar surface area (TPSA) is 53.6 Å². The van der Waals surface area contributed by atoms with Crippen LogP contribution in [0.15, 0.2) is 18.2 Å². The van der Waals surface area contributed by atoms with Crippen LogP contribution < -0.4 is 10.6 Å². The first-order valence-electron chi connectivity index (χ1n) is 7.53. The Balaban J connectivity index is 1.65. The van der Waals surface area contributed by atoms with Crippen molar-refractivity contribution < 1.29 is 9.53 Å². The predicted octanol–water partition coefficient (Wildman–Crippen LogP) is 1.16. The van der Waals surface area contributed by atoms with Crippen LogP contribution in [0.1, 0.15) is 11.1 Å². The van der Waals surface area contributed by atoms with Gasteiger partial charge in [-0.2, -0.15) is 0 Å². The molecule has 21 heavy (non-hydrogen) atoms. The number of ether oxygens (including phenoxy) is 1. The number of morpholine rings is 1. The van der Waals surface area contributed by atoms with Crippen molar-refractivity contribution in [1.82, 2.24) is 10.2 Å². The van der Waals surface area contributed by atoms with Crippen LogP contribution in [-0.2, 0) is 9.53 Å². The van der Waals surface area contributed by atoms with Crippen molar-refractivity contribution in [2.45, 2.75) is 13.8 Å². The molecule has 2 N–H and O–H groups in total. The minimum Gasteiger partial charge on any atom is -0.379 e. The molecule has 0 spiro atoms. The second-order valence-electron chi connectivity index (χ2n) is 5.48. The number of benzene rings is 1. The average molecular weight is 291 g/mol. The van der Waals surface area contributed by atoms with Crippen LogP contribution in [0, 0.1) is 13.8 Å². The molecule has 1 aliphatic heterocycles. The molecule has 1 aromatic carbocycles. The zero-order valence-corrected chi connectivity index (χ0v) is 12.9. The Bertz CT molecular complexity index is 471. The van der Waals surface area contributed by atoms with E-state index in [9.17, 15) is 4.79 Å². The summed E-state index contributed by atoms with van der Waals surface area (Å²) in [4.78, 5) is 14.1. The molecule has 0 unspecified atom stereocenters. The van der Waals surface area contributed by atoms with Crippen LogP contribution in [0.3, 0.4) is 0 Å². The summed E-state index contributed by atoms with van der Waals surface area (Å²) in [5.74, 6) is 0.0308. The highest BCUT2D eigenvalue weighted by atomic mass is 16.5. The Hall–Kier alpha value is -1.59. The number of hydrogen-bond acceptors (Lipinski definition) is 4. The molecule has 0 saturated carbocycles. The number of amides is 1. The monoisotopic (exact) mass is 291 g/mol. The molecule has 1 aromatic rings. The molecule has 0 aliphatic carbocycles. The molecule has 0 radical (unpaired) electrons. The third-order valence-electron chi connectivity index (χ3n) is 3.68. The van der Waals surface area contributed by atoms with Gasteiger partial charge in [-0.15, -0.1) is 0 Å². The molecule has 1 amide bonds. The third kappa shape index (κ3) is 5.36. The van der Waals surface area contributed by atoms with Crippen molar-refractivity contribution in [1.29, 1.82) is 0 Å². The Kier molecular flexibility index (Phi) is 6.02. The Morgan fingerprint density at radius 1 is 1.29 bits per heavy atom. The van der Waals surface area contributed by atoms with Crippen LogP contribution >= 0.6 is 0 Å². The van der Waals surface area contributed by atoms with Gasteiger partial charge in [0.05, 0.1) is 19.8 Å². The molecule has 5 nitrogen and oxygen atoms in total. The van der Waals surface area contributed by atoms with Crippen molar-refractivity contribution in [3.05, 3.63) is 29.3 Å². The van der Waals surface area contributed by atoms with Crippen LogP contribution in [0.4, 0.5) is 5.69 Å². The lowest BCUT2D eigenvalue weighted by atomic mass is 10.1. The van der Waals surface area contributed by atoms with Crippen molar-refractivity contribution in [3.8, 4) is 0 Å². The largest absolute Gasteiger partial charge is 0.379 e. The molecular formula is C16H25N3O2. The molecule has 1 heterocycles. The predicted molar refractivity (Wildman–Crippen MR) is 84.7 cm³/mol. The highest BCUT2D eigenvalue weighted by molar-refractivity contribution is 5.80. The van der Waals surface area contributed by atoms with Gasteiger partial charge < -0.3 is 15.4 Å². The van der Waals surface area contributed by atoms with E-state index in [0.717, 1.165) is 44.1 Å². The molecule has 2 rings (SSSR count). The van der Waals surface area contributed by atoms with E-state index in [2.05, 4.69) is 28.5 Å². The normalized spacial score (nSPS) is 15.7. The lowest BCUT2D eigenvalue weighted by molar-refractivity contribution is -0.119. The van der Waals surface area contributed by atoms with Gasteiger partial charge in [-0.25, -0.2) is 0 Å². The van der Waals surface area contributed by atoms with E-state index >= 15 is 0 Å². The zero-order chi connectivity index (χ0) is 15.1. The zero-order valence-electron chi connectivity index (χ0n) is 12.9. The van der Waals surface area contributed by atoms with Gasteiger partial charge in [-0.3, -0.25) is 9.69 Å². The van der Waals surface area contributed by atoms with Gasteiger partial charge in [-0.05, 0) is 25.5 Å². The first-order valence-corrected chi connectivity index (χ1v) is 7.53. The SMILES string of the molecule is Cc1ccc(NCC(=O)NCCN2CCOCC2)c(C)c1. The Morgan fingerprint density at radius 2 is 2.05 bits per heavy atom. The smallest absolute Gasteiger partial charge is 0.239 e. The molecule has 116 valence electrons. The van der Waals surface area contributed by atoms with E-state index < -0.39 is 0 Å². The first-order chi connectivity index (χ1) is 10.1. The summed E-state index contributed by atoms with van der Waals surface area (Å²) in [5.41, 5.74) is 3.41. The highest BCUT2D eigenvalue weighted by Gasteiger charge is 2.10. The maximum Gasteiger partial charge on any atom is 0.239 e. The summed E-state index contributed by atoms with van der Waals surface area (Å²) in [6, 6.07) is 6.18. The third-order valence-corrected chi connectivity index (χ3v) is 3.68. The van der Waals surface area contributed by atoms with Gasteiger partial charge in [0.15, 0.2) is 0 Å². The van der Waals surface area contributed by atoms with Crippen LogP contribution in [0.25, 0.3) is 0 Å². The molecule has 0 atom stereocenters. The summed E-state index contributed by atoms with van der Waals surface area (Å²) >= 11 is 0. The average Bonchev–Trinajstić information content (AvgIpc) is 2.47. The summed E-state index contributed by atoms with van der Waals surface area (Å²) in [7, 11) is 0. The fourth-order valence-electron chi connectivity index (χ4n) is 2.43. The number of carbonyl (C=O) groups is 1. The Morgan fingerprint density at radius 3 is 2.76 bits per heavy atom. The van der Waals surface area contributed by atoms with Crippen LogP contribution in [-0.4, -0.2) is 56.7 Å². The lowest BCUT2D eigenvalue weighted by Gasteiger charge is -2.26. The first kappa shape index (κ1) is 15.8. The lowest BCUT2D eigenvalue weighted by Crippen LogP contribution is -2.42. The molecule has 1 fully saturated rings. The number of hydrogen-bond donors (Lipinski definition) is 2. The standard InChI is InChI=1S/C16H25N3O2/c1-13-3-4-15(14(2)11-13)18-12-16(20)17-5-6-19-7-9-21-10-8-19/h3-4,11,18H,5-10,12H2,1-2H3,(H,17,20). The maximum absolute atomic E-state index is 11.8. The van der Waals surface area contributed by atoms with Crippen LogP contribution in [0.2, 0.25) is 0 Å². The Labute approximate surface area is 126 Å². The molecular weight excluding hydrogens is 266 g/mol. The molecule has 5 heteroatoms. The van der Waals surface area contributed by atoms with Gasteiger partial charge in [0.25, 0.3) is 0 Å².